The van der Waals surface area contributed by atoms with E-state index in [0.717, 1.165) is 5.56 Å². The molecule has 0 saturated carbocycles. The second-order valence-electron chi connectivity index (χ2n) is 5.67. The average Bonchev–Trinajstić information content (AvgIpc) is 2.55. The second kappa shape index (κ2) is 7.85. The zero-order chi connectivity index (χ0) is 17.0. The lowest BCUT2D eigenvalue weighted by atomic mass is 10.0. The van der Waals surface area contributed by atoms with Crippen LogP contribution in [0, 0.1) is 0 Å². The molecule has 0 radical (unpaired) electrons. The van der Waals surface area contributed by atoms with E-state index in [0.29, 0.717) is 12.8 Å². The standard InChI is InChI=1S/C16H22O7/c1-9(2-3-10-4-6-11(18)7-5-10)22-16-15(21)14(20)13(19)12(8-17)23-16/h4-7,9,12-13,15-19,21H,2-3,8H2,1H3/t9-,12+,13+,15+,16+/m0/s1. The SMILES string of the molecule is C[C@@H](CCc1ccc(O)cc1)O[C@@H]1O[C@H](CO)[C@@H](O)C(=O)[C@H]1O. The van der Waals surface area contributed by atoms with Gasteiger partial charge in [-0.2, -0.15) is 0 Å². The maximum Gasteiger partial charge on any atom is 0.197 e. The monoisotopic (exact) mass is 326 g/mol. The summed E-state index contributed by atoms with van der Waals surface area (Å²) in [5, 5.41) is 37.7. The molecule has 5 atom stereocenters. The Kier molecular flexibility index (Phi) is 6.09. The van der Waals surface area contributed by atoms with Gasteiger partial charge in [0.2, 0.25) is 0 Å². The molecule has 1 heterocycles. The predicted octanol–water partition coefficient (Wildman–Crippen LogP) is -0.262. The third kappa shape index (κ3) is 4.49. The molecule has 0 amide bonds. The number of carbonyl (C=O) groups is 1. The maximum atomic E-state index is 11.7. The summed E-state index contributed by atoms with van der Waals surface area (Å²) < 4.78 is 10.8. The Hall–Kier alpha value is -1.51. The number of Topliss-reactive ketones (excluding diaryl/α,β-unsaturated/α-hetero) is 1. The first kappa shape index (κ1) is 17.8. The van der Waals surface area contributed by atoms with Crippen molar-refractivity contribution in [1.82, 2.24) is 0 Å². The number of rotatable bonds is 6. The van der Waals surface area contributed by atoms with E-state index in [-0.39, 0.29) is 11.9 Å². The minimum Gasteiger partial charge on any atom is -0.508 e. The van der Waals surface area contributed by atoms with Gasteiger partial charge < -0.3 is 29.9 Å². The minimum absolute atomic E-state index is 0.198. The molecular weight excluding hydrogens is 304 g/mol. The summed E-state index contributed by atoms with van der Waals surface area (Å²) in [7, 11) is 0. The van der Waals surface area contributed by atoms with Crippen molar-refractivity contribution in [2.24, 2.45) is 0 Å². The van der Waals surface area contributed by atoms with Crippen molar-refractivity contribution in [2.45, 2.75) is 50.5 Å². The van der Waals surface area contributed by atoms with Gasteiger partial charge in [-0.25, -0.2) is 0 Å². The molecule has 1 aromatic rings. The van der Waals surface area contributed by atoms with Crippen molar-refractivity contribution in [2.75, 3.05) is 6.61 Å². The second-order valence-corrected chi connectivity index (χ2v) is 5.67. The summed E-state index contributed by atoms with van der Waals surface area (Å²) in [4.78, 5) is 11.7. The van der Waals surface area contributed by atoms with Gasteiger partial charge in [-0.05, 0) is 37.5 Å². The van der Waals surface area contributed by atoms with Crippen LogP contribution in [-0.2, 0) is 20.7 Å². The summed E-state index contributed by atoms with van der Waals surface area (Å²) in [5.41, 5.74) is 1.02. The van der Waals surface area contributed by atoms with E-state index < -0.39 is 37.0 Å². The number of ketones is 1. The fraction of sp³-hybridized carbons (Fsp3) is 0.562. The summed E-state index contributed by atoms with van der Waals surface area (Å²) in [6.45, 7) is 1.24. The van der Waals surface area contributed by atoms with Crippen LogP contribution in [0.2, 0.25) is 0 Å². The molecule has 4 N–H and O–H groups in total. The number of carbonyl (C=O) groups excluding carboxylic acids is 1. The van der Waals surface area contributed by atoms with Crippen molar-refractivity contribution in [1.29, 1.82) is 0 Å². The highest BCUT2D eigenvalue weighted by Gasteiger charge is 2.44. The van der Waals surface area contributed by atoms with Gasteiger partial charge in [0.15, 0.2) is 18.2 Å². The highest BCUT2D eigenvalue weighted by molar-refractivity contribution is 5.88. The topological polar surface area (TPSA) is 116 Å². The van der Waals surface area contributed by atoms with Gasteiger partial charge in [0, 0.05) is 0 Å². The number of aliphatic hydroxyl groups is 3. The van der Waals surface area contributed by atoms with E-state index in [1.807, 2.05) is 0 Å². The van der Waals surface area contributed by atoms with Gasteiger partial charge in [-0.15, -0.1) is 0 Å². The van der Waals surface area contributed by atoms with E-state index in [9.17, 15) is 20.1 Å². The van der Waals surface area contributed by atoms with E-state index in [1.165, 1.54) is 0 Å². The normalized spacial score (nSPS) is 29.5. The van der Waals surface area contributed by atoms with Crippen LogP contribution in [0.3, 0.4) is 0 Å². The average molecular weight is 326 g/mol. The van der Waals surface area contributed by atoms with Crippen molar-refractivity contribution >= 4 is 5.78 Å². The highest BCUT2D eigenvalue weighted by Crippen LogP contribution is 2.21. The molecule has 1 aliphatic rings. The number of phenols is 1. The Bertz CT molecular complexity index is 516. The Labute approximate surface area is 134 Å². The third-order valence-electron chi connectivity index (χ3n) is 3.82. The Morgan fingerprint density at radius 1 is 1.22 bits per heavy atom. The van der Waals surface area contributed by atoms with E-state index in [2.05, 4.69) is 0 Å². The molecule has 1 saturated heterocycles. The molecule has 7 heteroatoms. The fourth-order valence-electron chi connectivity index (χ4n) is 2.39. The van der Waals surface area contributed by atoms with Crippen LogP contribution < -0.4 is 0 Å². The first-order valence-electron chi connectivity index (χ1n) is 7.52. The summed E-state index contributed by atoms with van der Waals surface area (Å²) in [6, 6.07) is 6.80. The minimum atomic E-state index is -1.58. The molecule has 7 nitrogen and oxygen atoms in total. The molecule has 1 aromatic carbocycles. The van der Waals surface area contributed by atoms with Crippen LogP contribution in [0.5, 0.6) is 5.75 Å². The quantitative estimate of drug-likeness (QED) is 0.569. The van der Waals surface area contributed by atoms with Crippen molar-refractivity contribution in [3.05, 3.63) is 29.8 Å². The summed E-state index contributed by atoms with van der Waals surface area (Å²) in [5.74, 6) is -0.616. The molecule has 0 aliphatic carbocycles. The lowest BCUT2D eigenvalue weighted by Crippen LogP contribution is -2.57. The van der Waals surface area contributed by atoms with Crippen molar-refractivity contribution in [3.8, 4) is 5.75 Å². The zero-order valence-corrected chi connectivity index (χ0v) is 12.8. The van der Waals surface area contributed by atoms with Gasteiger partial charge in [-0.3, -0.25) is 4.79 Å². The van der Waals surface area contributed by atoms with Crippen LogP contribution >= 0.6 is 0 Å². The zero-order valence-electron chi connectivity index (χ0n) is 12.8. The summed E-state index contributed by atoms with van der Waals surface area (Å²) in [6.07, 6.45) is -4.46. The largest absolute Gasteiger partial charge is 0.508 e. The van der Waals surface area contributed by atoms with Crippen LogP contribution in [0.25, 0.3) is 0 Å². The Morgan fingerprint density at radius 2 is 1.87 bits per heavy atom. The number of benzene rings is 1. The first-order valence-corrected chi connectivity index (χ1v) is 7.52. The number of phenolic OH excluding ortho intramolecular Hbond substituents is 1. The highest BCUT2D eigenvalue weighted by atomic mass is 16.7. The van der Waals surface area contributed by atoms with Gasteiger partial charge in [-0.1, -0.05) is 12.1 Å². The number of hydrogen-bond acceptors (Lipinski definition) is 7. The lowest BCUT2D eigenvalue weighted by molar-refractivity contribution is -0.266. The first-order chi connectivity index (χ1) is 10.9. The van der Waals surface area contributed by atoms with Crippen LogP contribution in [-0.4, -0.2) is 63.5 Å². The molecule has 0 unspecified atom stereocenters. The van der Waals surface area contributed by atoms with E-state index in [1.54, 1.807) is 31.2 Å². The number of aliphatic hydroxyl groups excluding tert-OH is 3. The molecule has 2 rings (SSSR count). The third-order valence-corrected chi connectivity index (χ3v) is 3.82. The fourth-order valence-corrected chi connectivity index (χ4v) is 2.39. The molecule has 1 fully saturated rings. The number of hydrogen-bond donors (Lipinski definition) is 4. The molecule has 1 aliphatic heterocycles. The lowest BCUT2D eigenvalue weighted by Gasteiger charge is -2.36. The van der Waals surface area contributed by atoms with Crippen LogP contribution in [0.1, 0.15) is 18.9 Å². The molecular formula is C16H22O7. The molecule has 0 spiro atoms. The maximum absolute atomic E-state index is 11.7. The number of aromatic hydroxyl groups is 1. The van der Waals surface area contributed by atoms with E-state index in [4.69, 9.17) is 14.6 Å². The van der Waals surface area contributed by atoms with E-state index >= 15 is 0 Å². The van der Waals surface area contributed by atoms with Gasteiger partial charge in [0.25, 0.3) is 0 Å². The Balaban J connectivity index is 1.87. The van der Waals surface area contributed by atoms with Crippen molar-refractivity contribution in [3.63, 3.8) is 0 Å². The van der Waals surface area contributed by atoms with Gasteiger partial charge >= 0.3 is 0 Å². The molecule has 0 bridgehead atoms. The van der Waals surface area contributed by atoms with Gasteiger partial charge in [0.05, 0.1) is 12.7 Å². The van der Waals surface area contributed by atoms with Crippen molar-refractivity contribution < 1.29 is 34.7 Å². The molecule has 0 aromatic heterocycles. The Morgan fingerprint density at radius 3 is 2.48 bits per heavy atom. The number of aryl methyl sites for hydroxylation is 1. The van der Waals surface area contributed by atoms with Gasteiger partial charge in [0.1, 0.15) is 18.0 Å². The predicted molar refractivity (Wildman–Crippen MR) is 79.7 cm³/mol. The summed E-state index contributed by atoms with van der Waals surface area (Å²) >= 11 is 0. The van der Waals surface area contributed by atoms with Crippen LogP contribution in [0.4, 0.5) is 0 Å². The molecule has 128 valence electrons. The number of ether oxygens (including phenoxy) is 2. The molecule has 23 heavy (non-hydrogen) atoms. The van der Waals surface area contributed by atoms with Crippen LogP contribution in [0.15, 0.2) is 24.3 Å². The smallest absolute Gasteiger partial charge is 0.197 e.